The number of rotatable bonds is 2. The minimum atomic E-state index is -3.05. The van der Waals surface area contributed by atoms with Crippen LogP contribution in [-0.4, -0.2) is 0 Å². The molecule has 0 radical (unpaired) electrons. The molecule has 4 aromatic rings. The standard InChI is InChI=1S/C39H36.2CH3.Hf/c1-25-11-7-15-33(27(25)3)35-17-9-13-29-21-31(23-37(29)35)39(19-5-6-20-39)32-22-30-14-10-18-36(38(30)24-32)34-16-8-12-26(2)28(34)4;;;/h7-18,21-24H,5-6,19-20H2,1-4H3;2*1H3;. The molecule has 1 heterocycles. The predicted octanol–water partition coefficient (Wildman–Crippen LogP) is 11.7. The summed E-state index contributed by atoms with van der Waals surface area (Å²) < 4.78 is 6.91. The average molecular weight is 713 g/mol. The zero-order valence-corrected chi connectivity index (χ0v) is 29.7. The molecule has 8 rings (SSSR count). The van der Waals surface area contributed by atoms with E-state index in [0.29, 0.717) is 7.35 Å². The molecule has 4 aromatic carbocycles. The van der Waals surface area contributed by atoms with Gasteiger partial charge in [-0.3, -0.25) is 0 Å². The molecule has 0 N–H and O–H groups in total. The molecule has 1 aliphatic heterocycles. The number of fused-ring (bicyclic) bond motifs is 8. The summed E-state index contributed by atoms with van der Waals surface area (Å²) in [6.45, 7) is 9.12. The molecule has 1 saturated heterocycles. The maximum absolute atomic E-state index is 3.05. The van der Waals surface area contributed by atoms with Gasteiger partial charge in [-0.1, -0.05) is 0 Å². The van der Waals surface area contributed by atoms with E-state index in [1.165, 1.54) is 81.3 Å². The van der Waals surface area contributed by atoms with Crippen LogP contribution < -0.4 is 0 Å². The van der Waals surface area contributed by atoms with Crippen molar-refractivity contribution < 1.29 is 20.0 Å². The van der Waals surface area contributed by atoms with Gasteiger partial charge in [-0.25, -0.2) is 0 Å². The van der Waals surface area contributed by atoms with Gasteiger partial charge < -0.3 is 0 Å². The minimum absolute atomic E-state index is 0.223. The molecular weight excluding hydrogens is 671 g/mol. The average Bonchev–Trinajstić information content (AvgIpc) is 3.71. The van der Waals surface area contributed by atoms with E-state index >= 15 is 0 Å². The maximum atomic E-state index is 2.80. The summed E-state index contributed by atoms with van der Waals surface area (Å²) >= 11 is -3.05. The van der Waals surface area contributed by atoms with Crippen molar-refractivity contribution in [2.45, 2.75) is 70.1 Å². The second-order valence-electron chi connectivity index (χ2n) is 14.3. The van der Waals surface area contributed by atoms with Crippen LogP contribution in [0.15, 0.2) is 83.9 Å². The van der Waals surface area contributed by atoms with Crippen molar-refractivity contribution in [2.75, 3.05) is 0 Å². The Labute approximate surface area is 256 Å². The second kappa shape index (κ2) is 9.36. The van der Waals surface area contributed by atoms with Gasteiger partial charge in [0.15, 0.2) is 0 Å². The van der Waals surface area contributed by atoms with Gasteiger partial charge in [-0.2, -0.15) is 0 Å². The Hall–Kier alpha value is -2.77. The summed E-state index contributed by atoms with van der Waals surface area (Å²) in [5, 5.41) is 0. The van der Waals surface area contributed by atoms with Gasteiger partial charge in [-0.15, -0.1) is 0 Å². The van der Waals surface area contributed by atoms with Gasteiger partial charge in [0, 0.05) is 0 Å². The van der Waals surface area contributed by atoms with Crippen LogP contribution in [0.5, 0.6) is 0 Å². The van der Waals surface area contributed by atoms with Crippen LogP contribution >= 0.6 is 0 Å². The van der Waals surface area contributed by atoms with Crippen LogP contribution in [0.4, 0.5) is 0 Å². The number of aryl methyl sites for hydroxylation is 2. The van der Waals surface area contributed by atoms with Gasteiger partial charge in [0.1, 0.15) is 0 Å². The Balaban J connectivity index is 1.37. The summed E-state index contributed by atoms with van der Waals surface area (Å²) in [6.07, 6.45) is 10.8. The van der Waals surface area contributed by atoms with E-state index in [1.54, 1.807) is 11.1 Å². The van der Waals surface area contributed by atoms with Crippen molar-refractivity contribution in [1.82, 2.24) is 0 Å². The third kappa shape index (κ3) is 3.50. The van der Waals surface area contributed by atoms with Crippen LogP contribution in [-0.2, 0) is 20.0 Å². The van der Waals surface area contributed by atoms with Crippen molar-refractivity contribution >= 4 is 12.2 Å². The predicted molar refractivity (Wildman–Crippen MR) is 177 cm³/mol. The molecule has 3 aliphatic carbocycles. The Morgan fingerprint density at radius 1 is 0.548 bits per heavy atom. The van der Waals surface area contributed by atoms with E-state index in [4.69, 9.17) is 0 Å². The van der Waals surface area contributed by atoms with Crippen LogP contribution in [0.3, 0.4) is 0 Å². The molecule has 2 unspecified atom stereocenters. The van der Waals surface area contributed by atoms with Crippen molar-refractivity contribution in [3.05, 3.63) is 128 Å². The fourth-order valence-electron chi connectivity index (χ4n) is 9.68. The normalized spacial score (nSPS) is 22.3. The Morgan fingerprint density at radius 3 is 1.40 bits per heavy atom. The van der Waals surface area contributed by atoms with Gasteiger partial charge in [0.2, 0.25) is 0 Å². The molecule has 2 fully saturated rings. The van der Waals surface area contributed by atoms with Crippen molar-refractivity contribution in [3.63, 3.8) is 0 Å². The monoisotopic (exact) mass is 714 g/mol. The number of hydrogen-bond donors (Lipinski definition) is 0. The summed E-state index contributed by atoms with van der Waals surface area (Å²) in [5.74, 6) is 0. The van der Waals surface area contributed by atoms with E-state index in [2.05, 4.69) is 122 Å². The van der Waals surface area contributed by atoms with Crippen LogP contribution in [0.2, 0.25) is 9.36 Å². The SMILES string of the molecule is Cc1cccc(-c2cccc3c2C=C2[CH]3[Hf]([CH3])([CH3])[CH]3C(=Cc4c(-c5cccc(C)c5C)cccc43)C23CCCC3)c1C. The first-order valence-corrected chi connectivity index (χ1v) is 27.4. The van der Waals surface area contributed by atoms with Crippen molar-refractivity contribution in [3.8, 4) is 22.3 Å². The molecule has 1 saturated carbocycles. The summed E-state index contributed by atoms with van der Waals surface area (Å²) in [6, 6.07) is 28.2. The first-order chi connectivity index (χ1) is 20.2. The van der Waals surface area contributed by atoms with Gasteiger partial charge in [-0.05, 0) is 0 Å². The first kappa shape index (κ1) is 26.8. The third-order valence-electron chi connectivity index (χ3n) is 12.0. The van der Waals surface area contributed by atoms with Crippen LogP contribution in [0, 0.1) is 33.1 Å². The molecular formula is C41H42Hf. The Morgan fingerprint density at radius 2 is 0.952 bits per heavy atom. The quantitative estimate of drug-likeness (QED) is 0.182. The third-order valence-corrected chi connectivity index (χ3v) is 27.1. The molecule has 0 bridgehead atoms. The molecule has 0 amide bonds. The first-order valence-electron chi connectivity index (χ1n) is 16.1. The number of hydrogen-bond acceptors (Lipinski definition) is 0. The summed E-state index contributed by atoms with van der Waals surface area (Å²) in [5.41, 5.74) is 21.6. The van der Waals surface area contributed by atoms with E-state index < -0.39 is 20.0 Å². The van der Waals surface area contributed by atoms with Crippen LogP contribution in [0.25, 0.3) is 34.4 Å². The second-order valence-corrected chi connectivity index (χ2v) is 31.5. The Bertz CT molecular complexity index is 1730. The number of benzene rings is 4. The van der Waals surface area contributed by atoms with Crippen molar-refractivity contribution in [1.29, 1.82) is 0 Å². The van der Waals surface area contributed by atoms with Crippen molar-refractivity contribution in [2.24, 2.45) is 5.41 Å². The summed E-state index contributed by atoms with van der Waals surface area (Å²) in [4.78, 5) is 0. The van der Waals surface area contributed by atoms with Gasteiger partial charge >= 0.3 is 258 Å². The van der Waals surface area contributed by atoms with Crippen LogP contribution in [0.1, 0.15) is 77.5 Å². The Kier molecular flexibility index (Phi) is 5.98. The molecule has 4 aliphatic rings. The van der Waals surface area contributed by atoms with E-state index in [0.717, 1.165) is 0 Å². The zero-order valence-electron chi connectivity index (χ0n) is 26.1. The molecule has 42 heavy (non-hydrogen) atoms. The molecule has 210 valence electrons. The van der Waals surface area contributed by atoms with E-state index in [1.807, 2.05) is 11.1 Å². The molecule has 1 spiro atoms. The summed E-state index contributed by atoms with van der Waals surface area (Å²) in [7, 11) is 0. The fraction of sp³-hybridized carbons (Fsp3) is 0.317. The number of allylic oxidation sites excluding steroid dienone is 2. The molecule has 1 heteroatoms. The van der Waals surface area contributed by atoms with E-state index in [-0.39, 0.29) is 5.41 Å². The van der Waals surface area contributed by atoms with Gasteiger partial charge in [0.25, 0.3) is 0 Å². The fourth-order valence-corrected chi connectivity index (χ4v) is 26.8. The molecule has 2 atom stereocenters. The zero-order chi connectivity index (χ0) is 29.0. The molecule has 0 aromatic heterocycles. The topological polar surface area (TPSA) is 0 Å². The van der Waals surface area contributed by atoms with E-state index in [9.17, 15) is 0 Å². The van der Waals surface area contributed by atoms with Gasteiger partial charge in [0.05, 0.1) is 0 Å². The molecule has 0 nitrogen and oxygen atoms in total.